The Morgan fingerprint density at radius 1 is 1.25 bits per heavy atom. The zero-order valence-electron chi connectivity index (χ0n) is 8.55. The fraction of sp³-hybridized carbons (Fsp3) is 1.00. The minimum atomic E-state index is 0.204. The molecule has 12 heavy (non-hydrogen) atoms. The van der Waals surface area contributed by atoms with Gasteiger partial charge in [-0.15, -0.1) is 0 Å². The van der Waals surface area contributed by atoms with Gasteiger partial charge in [-0.25, -0.2) is 0 Å². The van der Waals surface area contributed by atoms with Crippen LogP contribution in [-0.4, -0.2) is 43.8 Å². The van der Waals surface area contributed by atoms with Crippen LogP contribution < -0.4 is 5.73 Å². The quantitative estimate of drug-likeness (QED) is 0.617. The van der Waals surface area contributed by atoms with Gasteiger partial charge in [-0.05, 0) is 20.0 Å². The number of hydrogen-bond donors (Lipinski definition) is 1. The van der Waals surface area contributed by atoms with Crippen LogP contribution in [0.25, 0.3) is 0 Å². The highest BCUT2D eigenvalue weighted by molar-refractivity contribution is 4.64. The van der Waals surface area contributed by atoms with Crippen molar-refractivity contribution in [2.24, 2.45) is 5.73 Å². The lowest BCUT2D eigenvalue weighted by Crippen LogP contribution is -2.38. The summed E-state index contributed by atoms with van der Waals surface area (Å²) in [5.74, 6) is 0. The van der Waals surface area contributed by atoms with Crippen LogP contribution in [0.2, 0.25) is 0 Å². The van der Waals surface area contributed by atoms with Crippen molar-refractivity contribution < 1.29 is 4.74 Å². The Hall–Kier alpha value is -0.120. The van der Waals surface area contributed by atoms with E-state index >= 15 is 0 Å². The molecule has 0 spiro atoms. The number of hydrogen-bond acceptors (Lipinski definition) is 3. The average molecular weight is 174 g/mol. The minimum Gasteiger partial charge on any atom is -0.376 e. The highest BCUT2D eigenvalue weighted by Gasteiger charge is 2.09. The van der Waals surface area contributed by atoms with Gasteiger partial charge in [0.2, 0.25) is 0 Å². The van der Waals surface area contributed by atoms with E-state index in [1.165, 1.54) is 0 Å². The van der Waals surface area contributed by atoms with Crippen LogP contribution in [0.4, 0.5) is 0 Å². The van der Waals surface area contributed by atoms with Crippen molar-refractivity contribution in [1.82, 2.24) is 4.90 Å². The Morgan fingerprint density at radius 2 is 1.83 bits per heavy atom. The summed E-state index contributed by atoms with van der Waals surface area (Å²) in [5.41, 5.74) is 5.56. The number of rotatable bonds is 7. The summed E-state index contributed by atoms with van der Waals surface area (Å²) < 4.78 is 5.46. The Balaban J connectivity index is 3.65. The van der Waals surface area contributed by atoms with Gasteiger partial charge in [-0.1, -0.05) is 13.8 Å². The minimum absolute atomic E-state index is 0.204. The molecule has 1 atom stereocenters. The van der Waals surface area contributed by atoms with Gasteiger partial charge in [0.25, 0.3) is 0 Å². The number of nitrogens with two attached hydrogens (primary N) is 1. The second-order valence-corrected chi connectivity index (χ2v) is 2.80. The first kappa shape index (κ1) is 11.9. The summed E-state index contributed by atoms with van der Waals surface area (Å²) in [6, 6.07) is 0. The summed E-state index contributed by atoms with van der Waals surface area (Å²) in [6.07, 6.45) is 0.204. The van der Waals surface area contributed by atoms with Crippen molar-refractivity contribution >= 4 is 0 Å². The van der Waals surface area contributed by atoms with Crippen molar-refractivity contribution in [2.45, 2.75) is 26.9 Å². The van der Waals surface area contributed by atoms with Gasteiger partial charge < -0.3 is 15.4 Å². The predicted molar refractivity (Wildman–Crippen MR) is 52.3 cm³/mol. The Bertz CT molecular complexity index is 94.5. The Labute approximate surface area is 75.9 Å². The van der Waals surface area contributed by atoms with Gasteiger partial charge in [0.15, 0.2) is 0 Å². The average Bonchev–Trinajstić information content (AvgIpc) is 2.12. The molecule has 0 aliphatic rings. The monoisotopic (exact) mass is 174 g/mol. The molecule has 3 heteroatoms. The first-order chi connectivity index (χ1) is 5.78. The molecule has 0 amide bonds. The van der Waals surface area contributed by atoms with Gasteiger partial charge in [-0.3, -0.25) is 0 Å². The van der Waals surface area contributed by atoms with E-state index in [1.807, 2.05) is 6.92 Å². The van der Waals surface area contributed by atoms with Crippen LogP contribution in [0.5, 0.6) is 0 Å². The normalized spacial score (nSPS) is 13.8. The van der Waals surface area contributed by atoms with E-state index in [0.29, 0.717) is 6.54 Å². The van der Waals surface area contributed by atoms with E-state index in [-0.39, 0.29) is 6.10 Å². The lowest BCUT2D eigenvalue weighted by molar-refractivity contribution is 0.0417. The third kappa shape index (κ3) is 4.70. The zero-order valence-corrected chi connectivity index (χ0v) is 8.55. The summed E-state index contributed by atoms with van der Waals surface area (Å²) in [6.45, 7) is 10.8. The molecular formula is C9H22N2O. The molecule has 0 radical (unpaired) electrons. The van der Waals surface area contributed by atoms with Crippen molar-refractivity contribution in [1.29, 1.82) is 0 Å². The lowest BCUT2D eigenvalue weighted by Gasteiger charge is -2.23. The molecular weight excluding hydrogens is 152 g/mol. The van der Waals surface area contributed by atoms with Gasteiger partial charge in [0.05, 0.1) is 6.10 Å². The van der Waals surface area contributed by atoms with E-state index in [1.54, 1.807) is 0 Å². The summed E-state index contributed by atoms with van der Waals surface area (Å²) in [7, 11) is 0. The zero-order chi connectivity index (χ0) is 9.40. The maximum atomic E-state index is 5.56. The Kier molecular flexibility index (Phi) is 7.45. The molecule has 0 aromatic rings. The van der Waals surface area contributed by atoms with Gasteiger partial charge in [0.1, 0.15) is 0 Å². The molecule has 1 unspecified atom stereocenters. The van der Waals surface area contributed by atoms with E-state index in [9.17, 15) is 0 Å². The van der Waals surface area contributed by atoms with Crippen molar-refractivity contribution in [3.05, 3.63) is 0 Å². The third-order valence-corrected chi connectivity index (χ3v) is 2.02. The van der Waals surface area contributed by atoms with Crippen LogP contribution in [0.1, 0.15) is 20.8 Å². The molecule has 2 N–H and O–H groups in total. The molecule has 0 aromatic heterocycles. The van der Waals surface area contributed by atoms with Crippen LogP contribution in [0.15, 0.2) is 0 Å². The van der Waals surface area contributed by atoms with E-state index in [2.05, 4.69) is 18.7 Å². The summed E-state index contributed by atoms with van der Waals surface area (Å²) in [4.78, 5) is 2.33. The fourth-order valence-corrected chi connectivity index (χ4v) is 1.20. The SMILES string of the molecule is CCOC(CN)CN(CC)CC. The molecule has 74 valence electrons. The molecule has 0 saturated heterocycles. The Morgan fingerprint density at radius 3 is 2.17 bits per heavy atom. The predicted octanol–water partition coefficient (Wildman–Crippen LogP) is 0.692. The highest BCUT2D eigenvalue weighted by atomic mass is 16.5. The van der Waals surface area contributed by atoms with Crippen molar-refractivity contribution in [2.75, 3.05) is 32.8 Å². The molecule has 0 aliphatic heterocycles. The van der Waals surface area contributed by atoms with Gasteiger partial charge in [-0.2, -0.15) is 0 Å². The largest absolute Gasteiger partial charge is 0.376 e. The number of likely N-dealkylation sites (N-methyl/N-ethyl adjacent to an activating group) is 1. The summed E-state index contributed by atoms with van der Waals surface area (Å²) >= 11 is 0. The molecule has 3 nitrogen and oxygen atoms in total. The molecule has 0 saturated carbocycles. The highest BCUT2D eigenvalue weighted by Crippen LogP contribution is 1.95. The summed E-state index contributed by atoms with van der Waals surface area (Å²) in [5, 5.41) is 0. The number of ether oxygens (including phenoxy) is 1. The molecule has 0 bridgehead atoms. The molecule has 0 heterocycles. The molecule has 0 aromatic carbocycles. The van der Waals surface area contributed by atoms with Crippen molar-refractivity contribution in [3.63, 3.8) is 0 Å². The van der Waals surface area contributed by atoms with Crippen LogP contribution >= 0.6 is 0 Å². The lowest BCUT2D eigenvalue weighted by atomic mass is 10.3. The number of nitrogens with zero attached hydrogens (tertiary/aromatic N) is 1. The fourth-order valence-electron chi connectivity index (χ4n) is 1.20. The van der Waals surface area contributed by atoms with E-state index < -0.39 is 0 Å². The first-order valence-corrected chi connectivity index (χ1v) is 4.82. The molecule has 0 rings (SSSR count). The second kappa shape index (κ2) is 7.53. The topological polar surface area (TPSA) is 38.5 Å². The van der Waals surface area contributed by atoms with E-state index in [0.717, 1.165) is 26.2 Å². The van der Waals surface area contributed by atoms with Gasteiger partial charge >= 0.3 is 0 Å². The van der Waals surface area contributed by atoms with Crippen LogP contribution in [-0.2, 0) is 4.74 Å². The van der Waals surface area contributed by atoms with Crippen LogP contribution in [0.3, 0.4) is 0 Å². The first-order valence-electron chi connectivity index (χ1n) is 4.82. The standard InChI is InChI=1S/C9H22N2O/c1-4-11(5-2)8-9(7-10)12-6-3/h9H,4-8,10H2,1-3H3. The smallest absolute Gasteiger partial charge is 0.0823 e. The van der Waals surface area contributed by atoms with Gasteiger partial charge in [0, 0.05) is 19.7 Å². The second-order valence-electron chi connectivity index (χ2n) is 2.80. The molecule has 0 aliphatic carbocycles. The third-order valence-electron chi connectivity index (χ3n) is 2.02. The maximum absolute atomic E-state index is 5.56. The maximum Gasteiger partial charge on any atom is 0.0823 e. The van der Waals surface area contributed by atoms with Crippen LogP contribution in [0, 0.1) is 0 Å². The molecule has 0 fully saturated rings. The van der Waals surface area contributed by atoms with Crippen molar-refractivity contribution in [3.8, 4) is 0 Å². The van der Waals surface area contributed by atoms with E-state index in [4.69, 9.17) is 10.5 Å².